The minimum atomic E-state index is -0.184. The molecular formula is C26H25N3O4. The number of para-hydroxylation sites is 2. The maximum atomic E-state index is 13.3. The van der Waals surface area contributed by atoms with Gasteiger partial charge in [0.1, 0.15) is 5.75 Å². The van der Waals surface area contributed by atoms with Crippen LogP contribution in [0.3, 0.4) is 0 Å². The molecule has 168 valence electrons. The van der Waals surface area contributed by atoms with Crippen molar-refractivity contribution in [2.24, 2.45) is 0 Å². The molecule has 4 aromatic rings. The number of ether oxygens (including phenoxy) is 3. The van der Waals surface area contributed by atoms with E-state index in [-0.39, 0.29) is 5.56 Å². The average molecular weight is 444 g/mol. The molecule has 1 N–H and O–H groups in total. The second kappa shape index (κ2) is 9.91. The molecule has 0 saturated heterocycles. The monoisotopic (exact) mass is 443 g/mol. The topological polar surface area (TPSA) is 74.6 Å². The van der Waals surface area contributed by atoms with Gasteiger partial charge in [0.2, 0.25) is 0 Å². The summed E-state index contributed by atoms with van der Waals surface area (Å²) in [5.74, 6) is 2.42. The van der Waals surface area contributed by atoms with Gasteiger partial charge in [0, 0.05) is 17.7 Å². The lowest BCUT2D eigenvalue weighted by molar-refractivity contribution is 0.355. The van der Waals surface area contributed by atoms with E-state index >= 15 is 0 Å². The van der Waals surface area contributed by atoms with Crippen LogP contribution in [0.4, 0.5) is 0 Å². The van der Waals surface area contributed by atoms with Crippen LogP contribution in [0.25, 0.3) is 28.4 Å². The predicted molar refractivity (Wildman–Crippen MR) is 131 cm³/mol. The first-order chi connectivity index (χ1) is 16.2. The summed E-state index contributed by atoms with van der Waals surface area (Å²) >= 11 is 0. The van der Waals surface area contributed by atoms with Crippen molar-refractivity contribution in [1.82, 2.24) is 9.66 Å². The Labute approximate surface area is 191 Å². The number of aromatic nitrogens is 2. The molecule has 1 heterocycles. The van der Waals surface area contributed by atoms with Crippen molar-refractivity contribution in [3.63, 3.8) is 0 Å². The van der Waals surface area contributed by atoms with E-state index in [2.05, 4.69) is 5.43 Å². The van der Waals surface area contributed by atoms with Crippen molar-refractivity contribution in [3.8, 4) is 28.6 Å². The Balaban J connectivity index is 1.73. The van der Waals surface area contributed by atoms with Gasteiger partial charge in [0.25, 0.3) is 5.56 Å². The van der Waals surface area contributed by atoms with E-state index in [1.807, 2.05) is 60.7 Å². The molecule has 0 fully saturated rings. The highest BCUT2D eigenvalue weighted by Gasteiger charge is 2.15. The second-order valence-electron chi connectivity index (χ2n) is 7.17. The molecule has 0 radical (unpaired) electrons. The van der Waals surface area contributed by atoms with Gasteiger partial charge in [0.05, 0.1) is 32.2 Å². The number of benzene rings is 3. The van der Waals surface area contributed by atoms with Crippen LogP contribution >= 0.6 is 0 Å². The smallest absolute Gasteiger partial charge is 0.280 e. The van der Waals surface area contributed by atoms with Crippen LogP contribution in [-0.2, 0) is 0 Å². The van der Waals surface area contributed by atoms with Crippen LogP contribution in [0, 0.1) is 0 Å². The molecule has 0 bridgehead atoms. The van der Waals surface area contributed by atoms with E-state index in [4.69, 9.17) is 19.2 Å². The highest BCUT2D eigenvalue weighted by atomic mass is 16.5. The highest BCUT2D eigenvalue weighted by Crippen LogP contribution is 2.31. The third-order valence-electron chi connectivity index (χ3n) is 5.22. The van der Waals surface area contributed by atoms with Crippen LogP contribution < -0.4 is 25.2 Å². The minimum absolute atomic E-state index is 0.184. The number of methoxy groups -OCH3 is 3. The van der Waals surface area contributed by atoms with Crippen LogP contribution in [0.5, 0.6) is 17.2 Å². The van der Waals surface area contributed by atoms with Crippen molar-refractivity contribution in [2.45, 2.75) is 0 Å². The van der Waals surface area contributed by atoms with Crippen LogP contribution in [0.15, 0.2) is 77.6 Å². The maximum absolute atomic E-state index is 13.3. The molecule has 3 aromatic carbocycles. The lowest BCUT2D eigenvalue weighted by Crippen LogP contribution is -2.31. The first-order valence-corrected chi connectivity index (χ1v) is 10.4. The van der Waals surface area contributed by atoms with Gasteiger partial charge >= 0.3 is 0 Å². The third-order valence-corrected chi connectivity index (χ3v) is 5.22. The molecular weight excluding hydrogens is 418 g/mol. The van der Waals surface area contributed by atoms with E-state index in [9.17, 15) is 4.79 Å². The minimum Gasteiger partial charge on any atom is -0.496 e. The van der Waals surface area contributed by atoms with Crippen LogP contribution in [0.1, 0.15) is 5.56 Å². The van der Waals surface area contributed by atoms with E-state index in [0.29, 0.717) is 34.8 Å². The predicted octanol–water partition coefficient (Wildman–Crippen LogP) is 4.35. The first kappa shape index (κ1) is 22.0. The molecule has 0 aliphatic rings. The molecule has 0 spiro atoms. The number of rotatable bonds is 8. The van der Waals surface area contributed by atoms with E-state index in [0.717, 1.165) is 16.9 Å². The van der Waals surface area contributed by atoms with E-state index in [1.54, 1.807) is 39.5 Å². The number of hydrogen-bond acceptors (Lipinski definition) is 6. The molecule has 0 saturated carbocycles. The molecule has 0 aliphatic heterocycles. The SMILES string of the molecule is COc1ccccc1C=CCNn1c(-c2ccc(OC)c(OC)c2)nc2ccccc2c1=O. The summed E-state index contributed by atoms with van der Waals surface area (Å²) in [6.07, 6.45) is 3.87. The first-order valence-electron chi connectivity index (χ1n) is 10.4. The Kier molecular flexibility index (Phi) is 6.59. The third kappa shape index (κ3) is 4.52. The summed E-state index contributed by atoms with van der Waals surface area (Å²) < 4.78 is 17.6. The van der Waals surface area contributed by atoms with Gasteiger partial charge in [-0.25, -0.2) is 9.66 Å². The Hall–Kier alpha value is -4.26. The van der Waals surface area contributed by atoms with Gasteiger partial charge in [0.15, 0.2) is 17.3 Å². The Bertz CT molecular complexity index is 1360. The molecule has 0 aliphatic carbocycles. The summed E-state index contributed by atoms with van der Waals surface area (Å²) in [5.41, 5.74) is 5.29. The van der Waals surface area contributed by atoms with Gasteiger partial charge in [-0.1, -0.05) is 42.5 Å². The fraction of sp³-hybridized carbons (Fsp3) is 0.154. The van der Waals surface area contributed by atoms with E-state index in [1.165, 1.54) is 4.68 Å². The second-order valence-corrected chi connectivity index (χ2v) is 7.17. The molecule has 1 aromatic heterocycles. The highest BCUT2D eigenvalue weighted by molar-refractivity contribution is 5.80. The fourth-order valence-electron chi connectivity index (χ4n) is 3.58. The largest absolute Gasteiger partial charge is 0.496 e. The van der Waals surface area contributed by atoms with Gasteiger partial charge in [-0.2, -0.15) is 0 Å². The summed E-state index contributed by atoms with van der Waals surface area (Å²) in [7, 11) is 4.79. The maximum Gasteiger partial charge on any atom is 0.280 e. The lowest BCUT2D eigenvalue weighted by atomic mass is 10.1. The van der Waals surface area contributed by atoms with Gasteiger partial charge in [-0.05, 0) is 36.4 Å². The van der Waals surface area contributed by atoms with Gasteiger partial charge < -0.3 is 19.6 Å². The van der Waals surface area contributed by atoms with Gasteiger partial charge in [-0.15, -0.1) is 0 Å². The molecule has 0 atom stereocenters. The molecule has 4 rings (SSSR count). The van der Waals surface area contributed by atoms with E-state index < -0.39 is 0 Å². The fourth-order valence-corrected chi connectivity index (χ4v) is 3.58. The van der Waals surface area contributed by atoms with Crippen molar-refractivity contribution in [3.05, 3.63) is 88.7 Å². The number of hydrogen-bond donors (Lipinski definition) is 1. The van der Waals surface area contributed by atoms with Crippen molar-refractivity contribution >= 4 is 17.0 Å². The molecule has 33 heavy (non-hydrogen) atoms. The zero-order chi connectivity index (χ0) is 23.2. The zero-order valence-corrected chi connectivity index (χ0v) is 18.7. The Morgan fingerprint density at radius 1 is 0.879 bits per heavy atom. The molecule has 7 nitrogen and oxygen atoms in total. The normalized spacial score (nSPS) is 11.0. The Morgan fingerprint density at radius 2 is 1.61 bits per heavy atom. The number of nitrogens with one attached hydrogen (secondary N) is 1. The lowest BCUT2D eigenvalue weighted by Gasteiger charge is -2.16. The van der Waals surface area contributed by atoms with Crippen LogP contribution in [0.2, 0.25) is 0 Å². The molecule has 7 heteroatoms. The molecule has 0 amide bonds. The number of nitrogens with zero attached hydrogens (tertiary/aromatic N) is 2. The standard InChI is InChI=1S/C26H25N3O4/c1-31-22-13-7-4-9-18(22)10-8-16-27-29-25(19-14-15-23(32-2)24(17-19)33-3)28-21-12-6-5-11-20(21)26(29)30/h4-15,17,27H,16H2,1-3H3. The summed E-state index contributed by atoms with van der Waals surface area (Å²) in [6.45, 7) is 0.401. The Morgan fingerprint density at radius 3 is 2.39 bits per heavy atom. The van der Waals surface area contributed by atoms with Crippen molar-refractivity contribution in [2.75, 3.05) is 33.3 Å². The summed E-state index contributed by atoms with van der Waals surface area (Å²) in [5, 5.41) is 0.530. The number of fused-ring (bicyclic) bond motifs is 1. The summed E-state index contributed by atoms with van der Waals surface area (Å²) in [4.78, 5) is 18.1. The molecule has 0 unspecified atom stereocenters. The summed E-state index contributed by atoms with van der Waals surface area (Å²) in [6, 6.07) is 20.5. The van der Waals surface area contributed by atoms with Crippen LogP contribution in [-0.4, -0.2) is 37.5 Å². The van der Waals surface area contributed by atoms with Crippen molar-refractivity contribution in [1.29, 1.82) is 0 Å². The zero-order valence-electron chi connectivity index (χ0n) is 18.7. The average Bonchev–Trinajstić information content (AvgIpc) is 2.87. The van der Waals surface area contributed by atoms with Crippen molar-refractivity contribution < 1.29 is 14.2 Å². The quantitative estimate of drug-likeness (QED) is 0.437. The van der Waals surface area contributed by atoms with Gasteiger partial charge in [-0.3, -0.25) is 4.79 Å².